The molecule has 2 aliphatic carbocycles. The Morgan fingerprint density at radius 2 is 1.45 bits per heavy atom. The zero-order chi connectivity index (χ0) is 26.6. The predicted octanol–water partition coefficient (Wildman–Crippen LogP) is 3.04. The van der Waals surface area contributed by atoms with Crippen molar-refractivity contribution in [3.63, 3.8) is 0 Å². The summed E-state index contributed by atoms with van der Waals surface area (Å²) in [6.45, 7) is 19.7. The second-order valence-corrected chi connectivity index (χ2v) is 13.0. The van der Waals surface area contributed by atoms with E-state index in [-0.39, 0.29) is 24.8 Å². The van der Waals surface area contributed by atoms with Crippen molar-refractivity contribution in [1.29, 1.82) is 0 Å². The second-order valence-electron chi connectivity index (χ2n) is 11.2. The van der Waals surface area contributed by atoms with E-state index in [4.69, 9.17) is 0 Å². The Labute approximate surface area is 259 Å². The van der Waals surface area contributed by atoms with Gasteiger partial charge in [-0.25, -0.2) is 6.08 Å². The number of hydrogen-bond donors (Lipinski definition) is 0. The zero-order valence-corrected chi connectivity index (χ0v) is 28.3. The number of aryl methyl sites for hydroxylation is 4. The van der Waals surface area contributed by atoms with Crippen molar-refractivity contribution in [3.8, 4) is 11.1 Å². The maximum Gasteiger partial charge on any atom is -0.0253 e. The fourth-order valence-electron chi connectivity index (χ4n) is 4.39. The van der Waals surface area contributed by atoms with Crippen LogP contribution in [0.2, 0.25) is 0 Å². The van der Waals surface area contributed by atoms with E-state index in [9.17, 15) is 0 Å². The van der Waals surface area contributed by atoms with Crippen molar-refractivity contribution >= 4 is 3.21 Å². The molecule has 5 rings (SSSR count). The monoisotopic (exact) mass is 620 g/mol. The zero-order valence-electron chi connectivity index (χ0n) is 24.3. The first-order valence-corrected chi connectivity index (χ1v) is 14.1. The molecule has 3 aromatic carbocycles. The molecule has 0 saturated heterocycles. The molecule has 0 bridgehead atoms. The minimum Gasteiger partial charge on any atom is -1.00 e. The maximum atomic E-state index is 3.54. The van der Waals surface area contributed by atoms with Crippen LogP contribution in [0.1, 0.15) is 73.6 Å². The molecule has 3 aromatic rings. The number of halogens is 2. The van der Waals surface area contributed by atoms with Gasteiger partial charge in [-0.15, -0.1) is 11.1 Å². The fourth-order valence-corrected chi connectivity index (χ4v) is 4.80. The van der Waals surface area contributed by atoms with Gasteiger partial charge < -0.3 is 24.8 Å². The maximum absolute atomic E-state index is 3.54. The van der Waals surface area contributed by atoms with E-state index < -0.39 is 0 Å². The van der Waals surface area contributed by atoms with Crippen LogP contribution in [-0.2, 0) is 30.7 Å². The molecule has 0 spiro atoms. The Morgan fingerprint density at radius 1 is 0.868 bits per heavy atom. The molecule has 2 aliphatic rings. The number of rotatable bonds is 1. The van der Waals surface area contributed by atoms with Crippen LogP contribution in [0.4, 0.5) is 0 Å². The van der Waals surface area contributed by atoms with Crippen LogP contribution in [0.5, 0.6) is 0 Å². The Kier molecular flexibility index (Phi) is 13.4. The summed E-state index contributed by atoms with van der Waals surface area (Å²) in [5, 5.41) is 0. The van der Waals surface area contributed by atoms with Gasteiger partial charge in [0.15, 0.2) is 0 Å². The first-order valence-electron chi connectivity index (χ1n) is 12.9. The topological polar surface area (TPSA) is 0 Å². The number of hydrogen-bond acceptors (Lipinski definition) is 0. The van der Waals surface area contributed by atoms with Crippen LogP contribution in [0.3, 0.4) is 0 Å². The van der Waals surface area contributed by atoms with Crippen LogP contribution in [0.25, 0.3) is 11.1 Å². The summed E-state index contributed by atoms with van der Waals surface area (Å²) in [5.74, 6) is 0.522. The minimum absolute atomic E-state index is 0. The fraction of sp³-hybridized carbons (Fsp3) is 0.343. The summed E-state index contributed by atoms with van der Waals surface area (Å²) < 4.78 is 1.46. The van der Waals surface area contributed by atoms with Crippen LogP contribution in [-0.4, -0.2) is 3.21 Å². The molecule has 0 heterocycles. The normalized spacial score (nSPS) is 14.4. The molecule has 0 amide bonds. The molecule has 3 heteroatoms. The Bertz CT molecular complexity index is 1250. The predicted molar refractivity (Wildman–Crippen MR) is 153 cm³/mol. The SMILES string of the molecule is CC1[C-]=CC(C(C)(C)C)=C1.C[C](=[Zr+2])c1ccccc1.Cc1[c-]c2c(cc1C)-c1cc(C)c(C)cc1C2.[Cl-].[Cl-]. The van der Waals surface area contributed by atoms with Crippen molar-refractivity contribution in [2.75, 3.05) is 0 Å². The number of fused-ring (bicyclic) bond motifs is 3. The molecule has 0 fully saturated rings. The second kappa shape index (κ2) is 14.7. The van der Waals surface area contributed by atoms with Crippen molar-refractivity contribution in [1.82, 2.24) is 0 Å². The molecule has 0 aliphatic heterocycles. The third-order valence-electron chi connectivity index (χ3n) is 7.00. The Hall–Kier alpha value is -1.53. The summed E-state index contributed by atoms with van der Waals surface area (Å²) in [6, 6.07) is 21.0. The van der Waals surface area contributed by atoms with E-state index in [0.29, 0.717) is 11.3 Å². The number of allylic oxidation sites excluding steroid dienone is 4. The molecule has 0 aromatic heterocycles. The van der Waals surface area contributed by atoms with Gasteiger partial charge >= 0.3 is 70.3 Å². The van der Waals surface area contributed by atoms with Crippen molar-refractivity contribution in [2.24, 2.45) is 11.3 Å². The largest absolute Gasteiger partial charge is 1.00 e. The van der Waals surface area contributed by atoms with Crippen molar-refractivity contribution in [3.05, 3.63) is 117 Å². The van der Waals surface area contributed by atoms with E-state index in [1.807, 2.05) is 6.07 Å². The van der Waals surface area contributed by atoms with E-state index in [0.717, 1.165) is 6.42 Å². The number of benzene rings is 3. The molecule has 0 saturated carbocycles. The van der Waals surface area contributed by atoms with Gasteiger partial charge in [-0.1, -0.05) is 70.6 Å². The Morgan fingerprint density at radius 3 is 1.92 bits per heavy atom. The molecule has 0 N–H and O–H groups in total. The molecule has 1 unspecified atom stereocenters. The summed E-state index contributed by atoms with van der Waals surface area (Å²) in [7, 11) is 0. The minimum atomic E-state index is 0. The van der Waals surface area contributed by atoms with E-state index in [2.05, 4.69) is 129 Å². The molecular weight excluding hydrogens is 583 g/mol. The third kappa shape index (κ3) is 9.01. The van der Waals surface area contributed by atoms with Crippen molar-refractivity contribution < 1.29 is 49.0 Å². The summed E-state index contributed by atoms with van der Waals surface area (Å²) in [6.07, 6.45) is 8.70. The summed E-state index contributed by atoms with van der Waals surface area (Å²) in [5.41, 5.74) is 14.1. The van der Waals surface area contributed by atoms with Crippen molar-refractivity contribution in [2.45, 2.75) is 68.7 Å². The molecule has 1 atom stereocenters. The standard InChI is InChI=1S/C17H17.C10H15.C8H8.2ClH.Zr/c1-10-5-14-9-15-6-11(2)13(4)8-17(15)16(14)7-12(10)3;1-8-5-6-9(7-8)10(2,3)4;1-2-8-6-4-3-5-7-8;;;/h5,7-8H,9H2,1-4H3;6-8H,1-4H3;3-7H,1H3;2*1H;/q2*-1;;;;+2/p-2. The van der Waals surface area contributed by atoms with E-state index >= 15 is 0 Å². The third-order valence-corrected chi connectivity index (χ3v) is 7.71. The van der Waals surface area contributed by atoms with Gasteiger partial charge in [0.1, 0.15) is 0 Å². The Balaban J connectivity index is 0.000000299. The van der Waals surface area contributed by atoms with Gasteiger partial charge in [0.05, 0.1) is 0 Å². The average molecular weight is 623 g/mol. The molecular formula is C35H40Cl2Zr-2. The van der Waals surface area contributed by atoms with Gasteiger partial charge in [0, 0.05) is 0 Å². The smallest absolute Gasteiger partial charge is 0.0253 e. The van der Waals surface area contributed by atoms with E-state index in [1.165, 1.54) is 83.1 Å². The quantitative estimate of drug-likeness (QED) is 0.287. The van der Waals surface area contributed by atoms with Gasteiger partial charge in [-0.3, -0.25) is 6.08 Å². The van der Waals surface area contributed by atoms with Crippen LogP contribution >= 0.6 is 0 Å². The van der Waals surface area contributed by atoms with E-state index in [1.54, 1.807) is 0 Å². The van der Waals surface area contributed by atoms with Gasteiger partial charge in [0.2, 0.25) is 0 Å². The van der Waals surface area contributed by atoms with Gasteiger partial charge in [-0.2, -0.15) is 34.9 Å². The average Bonchev–Trinajstić information content (AvgIpc) is 3.40. The summed E-state index contributed by atoms with van der Waals surface area (Å²) >= 11 is 1.51. The summed E-state index contributed by atoms with van der Waals surface area (Å²) in [4.78, 5) is 0. The van der Waals surface area contributed by atoms with Crippen LogP contribution in [0.15, 0.2) is 66.3 Å². The first-order chi connectivity index (χ1) is 16.9. The molecule has 0 nitrogen and oxygen atoms in total. The van der Waals surface area contributed by atoms with Crippen LogP contribution < -0.4 is 24.8 Å². The molecule has 200 valence electrons. The van der Waals surface area contributed by atoms with Gasteiger partial charge in [-0.05, 0) is 37.0 Å². The molecule has 38 heavy (non-hydrogen) atoms. The first kappa shape index (κ1) is 34.5. The molecule has 0 radical (unpaired) electrons. The van der Waals surface area contributed by atoms with Gasteiger partial charge in [0.25, 0.3) is 0 Å². The van der Waals surface area contributed by atoms with Crippen LogP contribution in [0, 0.1) is 51.2 Å².